The van der Waals surface area contributed by atoms with E-state index >= 15 is 0 Å². The molecule has 3 heteroatoms. The Hall–Kier alpha value is -0.413. The van der Waals surface area contributed by atoms with E-state index in [2.05, 4.69) is 82.2 Å². The van der Waals surface area contributed by atoms with Crippen LogP contribution in [0, 0.1) is 45.8 Å². The number of hydrogen-bond donors (Lipinski definition) is 0. The van der Waals surface area contributed by atoms with E-state index in [1.165, 1.54) is 37.7 Å². The van der Waals surface area contributed by atoms with Crippen LogP contribution in [0.3, 0.4) is 0 Å². The molecule has 4 rings (SSSR count). The highest BCUT2D eigenvalue weighted by atomic mass is 28.4. The van der Waals surface area contributed by atoms with Crippen molar-refractivity contribution in [3.8, 4) is 0 Å². The Morgan fingerprint density at radius 3 is 2.08 bits per heavy atom. The van der Waals surface area contributed by atoms with E-state index in [9.17, 15) is 4.79 Å². The summed E-state index contributed by atoms with van der Waals surface area (Å²) < 4.78 is 7.14. The monoisotopic (exact) mass is 514 g/mol. The number of Topliss-reactive ketones (excluding diaryl/α,β-unsaturated/α-hetero) is 1. The highest BCUT2D eigenvalue weighted by Gasteiger charge is 2.61. The zero-order chi connectivity index (χ0) is 26.8. The molecule has 3 saturated carbocycles. The molecule has 0 bridgehead atoms. The standard InChI is InChI=1S/C33H58O2Si/c1-21(2)36(22(3)4,23(5)6)35-20-24(7)26-13-14-27-25-12-15-29-31(8,9)30(34)17-19-33(29,11)28(25)16-18-32(26,27)10/h15,21-28H,12-14,16-20H2,1-11H3/t24-,25?,26-,27?,28?,32-,33-/m1/s1. The van der Waals surface area contributed by atoms with Gasteiger partial charge in [-0.1, -0.05) is 74.0 Å². The van der Waals surface area contributed by atoms with Crippen LogP contribution in [0.4, 0.5) is 0 Å². The van der Waals surface area contributed by atoms with Crippen LogP contribution in [0.15, 0.2) is 11.6 Å². The van der Waals surface area contributed by atoms with Gasteiger partial charge < -0.3 is 4.43 Å². The van der Waals surface area contributed by atoms with Crippen LogP contribution < -0.4 is 0 Å². The van der Waals surface area contributed by atoms with Crippen molar-refractivity contribution in [1.82, 2.24) is 0 Å². The van der Waals surface area contributed by atoms with Crippen LogP contribution >= 0.6 is 0 Å². The first-order valence-corrected chi connectivity index (χ1v) is 17.7. The average Bonchev–Trinajstić information content (AvgIpc) is 3.13. The van der Waals surface area contributed by atoms with Crippen LogP contribution in [0.5, 0.6) is 0 Å². The van der Waals surface area contributed by atoms with Gasteiger partial charge in [-0.2, -0.15) is 0 Å². The molecule has 0 aromatic rings. The second-order valence-electron chi connectivity index (χ2n) is 15.5. The number of hydrogen-bond acceptors (Lipinski definition) is 2. The third-order valence-corrected chi connectivity index (χ3v) is 18.9. The van der Waals surface area contributed by atoms with Crippen LogP contribution in [0.25, 0.3) is 0 Å². The lowest BCUT2D eigenvalue weighted by Crippen LogP contribution is -2.54. The Morgan fingerprint density at radius 2 is 1.50 bits per heavy atom. The molecule has 206 valence electrons. The minimum absolute atomic E-state index is 0.228. The molecule has 4 aliphatic carbocycles. The van der Waals surface area contributed by atoms with E-state index in [-0.39, 0.29) is 10.8 Å². The van der Waals surface area contributed by atoms with Crippen molar-refractivity contribution in [1.29, 1.82) is 0 Å². The average molecular weight is 515 g/mol. The number of allylic oxidation sites excluding steroid dienone is 2. The minimum Gasteiger partial charge on any atom is -0.416 e. The van der Waals surface area contributed by atoms with Crippen LogP contribution in [-0.4, -0.2) is 20.7 Å². The molecule has 0 spiro atoms. The van der Waals surface area contributed by atoms with Crippen LogP contribution in [0.2, 0.25) is 16.6 Å². The SMILES string of the molecule is CC(C)[Si](OC[C@@H](C)[C@H]1CCC2C3CC=C4C(C)(C)C(=O)CC[C@]4(C)C3CC[C@@]21C)(C(C)C)C(C)C. The van der Waals surface area contributed by atoms with Crippen molar-refractivity contribution in [3.05, 3.63) is 11.6 Å². The van der Waals surface area contributed by atoms with E-state index in [0.717, 1.165) is 43.1 Å². The topological polar surface area (TPSA) is 26.3 Å². The maximum Gasteiger partial charge on any atom is 0.200 e. The van der Waals surface area contributed by atoms with Gasteiger partial charge in [0, 0.05) is 18.4 Å². The maximum absolute atomic E-state index is 12.8. The zero-order valence-corrected chi connectivity index (χ0v) is 26.7. The molecule has 0 aliphatic heterocycles. The van der Waals surface area contributed by atoms with E-state index < -0.39 is 8.32 Å². The van der Waals surface area contributed by atoms with Crippen molar-refractivity contribution >= 4 is 14.1 Å². The molecule has 2 nitrogen and oxygen atoms in total. The minimum atomic E-state index is -1.82. The quantitative estimate of drug-likeness (QED) is 0.250. The molecule has 0 aromatic carbocycles. The first-order chi connectivity index (χ1) is 16.6. The molecule has 0 saturated heterocycles. The van der Waals surface area contributed by atoms with Gasteiger partial charge in [-0.05, 0) is 109 Å². The molecule has 0 aromatic heterocycles. The van der Waals surface area contributed by atoms with E-state index in [4.69, 9.17) is 4.43 Å². The van der Waals surface area contributed by atoms with E-state index in [1.807, 2.05) is 0 Å². The molecule has 3 fully saturated rings. The van der Waals surface area contributed by atoms with Gasteiger partial charge >= 0.3 is 0 Å². The molecular weight excluding hydrogens is 456 g/mol. The second-order valence-corrected chi connectivity index (χ2v) is 21.0. The summed E-state index contributed by atoms with van der Waals surface area (Å²) in [6, 6.07) is 0. The van der Waals surface area contributed by atoms with Gasteiger partial charge in [0.15, 0.2) is 8.32 Å². The van der Waals surface area contributed by atoms with Gasteiger partial charge in [0.05, 0.1) is 0 Å². The molecule has 4 aliphatic rings. The van der Waals surface area contributed by atoms with Crippen molar-refractivity contribution in [2.24, 2.45) is 45.8 Å². The van der Waals surface area contributed by atoms with Crippen molar-refractivity contribution in [3.63, 3.8) is 0 Å². The summed E-state index contributed by atoms with van der Waals surface area (Å²) in [5, 5.41) is 0. The van der Waals surface area contributed by atoms with Gasteiger partial charge in [-0.25, -0.2) is 0 Å². The van der Waals surface area contributed by atoms with Gasteiger partial charge in [-0.3, -0.25) is 4.79 Å². The van der Waals surface area contributed by atoms with Gasteiger partial charge in [0.2, 0.25) is 0 Å². The Morgan fingerprint density at radius 1 is 0.889 bits per heavy atom. The summed E-state index contributed by atoms with van der Waals surface area (Å²) in [5.41, 5.74) is 3.87. The van der Waals surface area contributed by atoms with Crippen LogP contribution in [-0.2, 0) is 9.22 Å². The fourth-order valence-electron chi connectivity index (χ4n) is 11.1. The highest BCUT2D eigenvalue weighted by molar-refractivity contribution is 6.77. The number of fused-ring (bicyclic) bond motifs is 5. The van der Waals surface area contributed by atoms with Gasteiger partial charge in [0.25, 0.3) is 0 Å². The largest absolute Gasteiger partial charge is 0.416 e. The lowest BCUT2D eigenvalue weighted by atomic mass is 9.44. The second kappa shape index (κ2) is 9.65. The fourth-order valence-corrected chi connectivity index (χ4v) is 16.6. The molecule has 0 N–H and O–H groups in total. The lowest BCUT2D eigenvalue weighted by Gasteiger charge is -2.60. The van der Waals surface area contributed by atoms with Crippen molar-refractivity contribution < 1.29 is 9.22 Å². The smallest absolute Gasteiger partial charge is 0.200 e. The van der Waals surface area contributed by atoms with Crippen molar-refractivity contribution in [2.75, 3.05) is 6.61 Å². The Balaban J connectivity index is 1.53. The Labute approximate surface area is 224 Å². The number of carbonyl (C=O) groups excluding carboxylic acids is 1. The molecule has 7 atom stereocenters. The Bertz CT molecular complexity index is 847. The molecule has 0 heterocycles. The summed E-state index contributed by atoms with van der Waals surface area (Å²) in [6.45, 7) is 27.6. The fraction of sp³-hybridized carbons (Fsp3) is 0.909. The first-order valence-electron chi connectivity index (χ1n) is 15.5. The molecule has 0 radical (unpaired) electrons. The predicted octanol–water partition coefficient (Wildman–Crippen LogP) is 9.60. The van der Waals surface area contributed by atoms with Gasteiger partial charge in [-0.15, -0.1) is 0 Å². The summed E-state index contributed by atoms with van der Waals surface area (Å²) in [5.74, 6) is 4.27. The number of ketones is 1. The summed E-state index contributed by atoms with van der Waals surface area (Å²) in [6.07, 6.45) is 11.1. The molecule has 0 amide bonds. The molecule has 3 unspecified atom stereocenters. The van der Waals surface area contributed by atoms with Crippen LogP contribution in [0.1, 0.15) is 121 Å². The van der Waals surface area contributed by atoms with E-state index in [0.29, 0.717) is 33.7 Å². The summed E-state index contributed by atoms with van der Waals surface area (Å²) in [7, 11) is -1.82. The number of carbonyl (C=O) groups is 1. The Kier molecular flexibility index (Phi) is 7.66. The summed E-state index contributed by atoms with van der Waals surface area (Å²) >= 11 is 0. The number of rotatable bonds is 7. The summed E-state index contributed by atoms with van der Waals surface area (Å²) in [4.78, 5) is 12.8. The van der Waals surface area contributed by atoms with Gasteiger partial charge in [0.1, 0.15) is 5.78 Å². The lowest BCUT2D eigenvalue weighted by molar-refractivity contribution is -0.132. The molecular formula is C33H58O2Si. The predicted molar refractivity (Wildman–Crippen MR) is 156 cm³/mol. The zero-order valence-electron chi connectivity index (χ0n) is 25.7. The first kappa shape index (κ1) is 28.6. The normalized spacial score (nSPS) is 39.2. The third kappa shape index (κ3) is 4.07. The third-order valence-electron chi connectivity index (χ3n) is 12.8. The van der Waals surface area contributed by atoms with Crippen molar-refractivity contribution in [2.45, 2.75) is 138 Å². The maximum atomic E-state index is 12.8. The molecule has 36 heavy (non-hydrogen) atoms. The highest BCUT2D eigenvalue weighted by Crippen LogP contribution is 2.68. The van der Waals surface area contributed by atoms with E-state index in [1.54, 1.807) is 0 Å².